The number of rotatable bonds is 5. The van der Waals surface area contributed by atoms with Crippen LogP contribution in [0.2, 0.25) is 0 Å². The standard InChI is InChI=1S/C17H28N2S/c1-5-15(12-20-4)19-13-17(2,3)18-11-16(19)14-9-7-6-8-10-14/h6-10,15-16,18H,5,11-13H2,1-4H3. The van der Waals surface area contributed by atoms with Gasteiger partial charge in [-0.1, -0.05) is 37.3 Å². The maximum absolute atomic E-state index is 3.71. The number of hydrogen-bond donors (Lipinski definition) is 1. The third-order valence-electron chi connectivity index (χ3n) is 4.24. The summed E-state index contributed by atoms with van der Waals surface area (Å²) < 4.78 is 0. The molecular weight excluding hydrogens is 264 g/mol. The fourth-order valence-electron chi connectivity index (χ4n) is 3.12. The van der Waals surface area contributed by atoms with Gasteiger partial charge in [0.15, 0.2) is 0 Å². The van der Waals surface area contributed by atoms with Gasteiger partial charge in [-0.15, -0.1) is 0 Å². The second kappa shape index (κ2) is 6.97. The maximum Gasteiger partial charge on any atom is 0.0476 e. The summed E-state index contributed by atoms with van der Waals surface area (Å²) in [7, 11) is 0. The monoisotopic (exact) mass is 292 g/mol. The van der Waals surface area contributed by atoms with E-state index in [1.54, 1.807) is 0 Å². The largest absolute Gasteiger partial charge is 0.309 e. The van der Waals surface area contributed by atoms with Crippen molar-refractivity contribution in [3.05, 3.63) is 35.9 Å². The first kappa shape index (κ1) is 15.9. The minimum absolute atomic E-state index is 0.205. The molecule has 2 nitrogen and oxygen atoms in total. The van der Waals surface area contributed by atoms with Crippen LogP contribution in [0.4, 0.5) is 0 Å². The molecule has 0 spiro atoms. The minimum Gasteiger partial charge on any atom is -0.309 e. The summed E-state index contributed by atoms with van der Waals surface area (Å²) >= 11 is 1.96. The molecule has 0 radical (unpaired) electrons. The van der Waals surface area contributed by atoms with Gasteiger partial charge in [-0.25, -0.2) is 0 Å². The summed E-state index contributed by atoms with van der Waals surface area (Å²) in [5, 5.41) is 3.71. The summed E-state index contributed by atoms with van der Waals surface area (Å²) in [5.41, 5.74) is 1.65. The van der Waals surface area contributed by atoms with Gasteiger partial charge in [-0.05, 0) is 32.1 Å². The minimum atomic E-state index is 0.205. The predicted octanol–water partition coefficient (Wildman–Crippen LogP) is 3.55. The molecule has 1 heterocycles. The Morgan fingerprint density at radius 3 is 2.65 bits per heavy atom. The SMILES string of the molecule is CCC(CSC)N1CC(C)(C)NCC1c1ccccc1. The predicted molar refractivity (Wildman–Crippen MR) is 90.4 cm³/mol. The molecule has 1 aliphatic heterocycles. The molecule has 1 aromatic carbocycles. The van der Waals surface area contributed by atoms with Crippen molar-refractivity contribution in [2.24, 2.45) is 0 Å². The zero-order valence-corrected chi connectivity index (χ0v) is 14.0. The van der Waals surface area contributed by atoms with Crippen LogP contribution in [0.1, 0.15) is 38.8 Å². The summed E-state index contributed by atoms with van der Waals surface area (Å²) in [6, 6.07) is 12.1. The van der Waals surface area contributed by atoms with Crippen LogP contribution < -0.4 is 5.32 Å². The van der Waals surface area contributed by atoms with Crippen molar-refractivity contribution in [1.29, 1.82) is 0 Å². The average molecular weight is 292 g/mol. The highest BCUT2D eigenvalue weighted by Gasteiger charge is 2.36. The van der Waals surface area contributed by atoms with E-state index in [9.17, 15) is 0 Å². The summed E-state index contributed by atoms with van der Waals surface area (Å²) in [4.78, 5) is 2.72. The van der Waals surface area contributed by atoms with Crippen LogP contribution in [0, 0.1) is 0 Å². The van der Waals surface area contributed by atoms with Gasteiger partial charge < -0.3 is 5.32 Å². The number of hydrogen-bond acceptors (Lipinski definition) is 3. The Bertz CT molecular complexity index is 405. The molecule has 112 valence electrons. The molecule has 1 saturated heterocycles. The van der Waals surface area contributed by atoms with Crippen molar-refractivity contribution >= 4 is 11.8 Å². The molecule has 3 heteroatoms. The van der Waals surface area contributed by atoms with Crippen molar-refractivity contribution in [2.75, 3.05) is 25.1 Å². The first-order valence-corrected chi connectivity index (χ1v) is 9.01. The molecule has 2 rings (SSSR count). The number of benzene rings is 1. The summed E-state index contributed by atoms with van der Waals surface area (Å²) in [6.45, 7) is 9.10. The average Bonchev–Trinajstić information content (AvgIpc) is 2.45. The van der Waals surface area contributed by atoms with E-state index in [2.05, 4.69) is 67.6 Å². The van der Waals surface area contributed by atoms with Gasteiger partial charge in [0.1, 0.15) is 0 Å². The zero-order valence-electron chi connectivity index (χ0n) is 13.2. The van der Waals surface area contributed by atoms with Crippen LogP contribution in [0.5, 0.6) is 0 Å². The van der Waals surface area contributed by atoms with Crippen LogP contribution in [0.3, 0.4) is 0 Å². The molecule has 2 atom stereocenters. The van der Waals surface area contributed by atoms with Crippen molar-refractivity contribution < 1.29 is 0 Å². The van der Waals surface area contributed by atoms with E-state index in [0.717, 1.165) is 13.1 Å². The van der Waals surface area contributed by atoms with Gasteiger partial charge >= 0.3 is 0 Å². The van der Waals surface area contributed by atoms with Gasteiger partial charge in [0.05, 0.1) is 0 Å². The lowest BCUT2D eigenvalue weighted by Gasteiger charge is -2.48. The molecule has 2 unspecified atom stereocenters. The Balaban J connectivity index is 2.24. The Kier molecular flexibility index (Phi) is 5.53. The second-order valence-corrected chi connectivity index (χ2v) is 7.29. The molecule has 20 heavy (non-hydrogen) atoms. The van der Waals surface area contributed by atoms with Crippen molar-refractivity contribution in [3.8, 4) is 0 Å². The van der Waals surface area contributed by atoms with Crippen molar-refractivity contribution in [3.63, 3.8) is 0 Å². The first-order valence-electron chi connectivity index (χ1n) is 7.62. The summed E-state index contributed by atoms with van der Waals surface area (Å²) in [6.07, 6.45) is 3.44. The zero-order chi connectivity index (χ0) is 14.6. The number of nitrogens with zero attached hydrogens (tertiary/aromatic N) is 1. The van der Waals surface area contributed by atoms with Crippen LogP contribution in [-0.4, -0.2) is 41.6 Å². The van der Waals surface area contributed by atoms with Gasteiger partial charge in [-0.2, -0.15) is 11.8 Å². The fourth-order valence-corrected chi connectivity index (χ4v) is 3.93. The lowest BCUT2D eigenvalue weighted by atomic mass is 9.93. The molecule has 1 aromatic rings. The van der Waals surface area contributed by atoms with E-state index in [1.165, 1.54) is 17.7 Å². The number of thioether (sulfide) groups is 1. The van der Waals surface area contributed by atoms with Crippen molar-refractivity contribution in [1.82, 2.24) is 10.2 Å². The summed E-state index contributed by atoms with van der Waals surface area (Å²) in [5.74, 6) is 1.22. The lowest BCUT2D eigenvalue weighted by molar-refractivity contribution is 0.0602. The van der Waals surface area contributed by atoms with Crippen LogP contribution in [0.25, 0.3) is 0 Å². The smallest absolute Gasteiger partial charge is 0.0476 e. The molecule has 0 aromatic heterocycles. The molecule has 1 fully saturated rings. The van der Waals surface area contributed by atoms with E-state index < -0.39 is 0 Å². The van der Waals surface area contributed by atoms with Crippen LogP contribution >= 0.6 is 11.8 Å². The maximum atomic E-state index is 3.71. The Morgan fingerprint density at radius 2 is 2.05 bits per heavy atom. The molecule has 0 bridgehead atoms. The number of nitrogens with one attached hydrogen (secondary N) is 1. The molecule has 0 saturated carbocycles. The fraction of sp³-hybridized carbons (Fsp3) is 0.647. The van der Waals surface area contributed by atoms with Crippen molar-refractivity contribution in [2.45, 2.75) is 44.8 Å². The molecule has 1 aliphatic rings. The quantitative estimate of drug-likeness (QED) is 0.893. The molecular formula is C17H28N2S. The van der Waals surface area contributed by atoms with E-state index in [0.29, 0.717) is 12.1 Å². The molecule has 1 N–H and O–H groups in total. The third-order valence-corrected chi connectivity index (χ3v) is 4.95. The second-order valence-electron chi connectivity index (χ2n) is 6.38. The number of piperazine rings is 1. The topological polar surface area (TPSA) is 15.3 Å². The highest BCUT2D eigenvalue weighted by atomic mass is 32.2. The van der Waals surface area contributed by atoms with E-state index in [4.69, 9.17) is 0 Å². The highest BCUT2D eigenvalue weighted by molar-refractivity contribution is 7.98. The van der Waals surface area contributed by atoms with Gasteiger partial charge in [0.25, 0.3) is 0 Å². The first-order chi connectivity index (χ1) is 9.57. The van der Waals surface area contributed by atoms with E-state index in [-0.39, 0.29) is 5.54 Å². The highest BCUT2D eigenvalue weighted by Crippen LogP contribution is 2.30. The van der Waals surface area contributed by atoms with Gasteiger partial charge in [0, 0.05) is 36.5 Å². The normalized spacial score (nSPS) is 24.5. The van der Waals surface area contributed by atoms with Gasteiger partial charge in [0.2, 0.25) is 0 Å². The Morgan fingerprint density at radius 1 is 1.35 bits per heavy atom. The molecule has 0 amide bonds. The Labute approximate surface area is 128 Å². The lowest BCUT2D eigenvalue weighted by Crippen LogP contribution is -2.60. The Hall–Kier alpha value is -0.510. The van der Waals surface area contributed by atoms with Crippen LogP contribution in [-0.2, 0) is 0 Å². The van der Waals surface area contributed by atoms with Crippen LogP contribution in [0.15, 0.2) is 30.3 Å². The van der Waals surface area contributed by atoms with Gasteiger partial charge in [-0.3, -0.25) is 4.90 Å². The van der Waals surface area contributed by atoms with E-state index in [1.807, 2.05) is 11.8 Å². The third kappa shape index (κ3) is 3.78. The molecule has 0 aliphatic carbocycles. The van der Waals surface area contributed by atoms with E-state index >= 15 is 0 Å².